The maximum Gasteiger partial charge on any atom is 0.222 e. The molecule has 1 saturated carbocycles. The van der Waals surface area contributed by atoms with E-state index in [0.29, 0.717) is 37.9 Å². The Morgan fingerprint density at radius 3 is 1.76 bits per heavy atom. The molecule has 0 aromatic rings. The molecule has 1 aliphatic carbocycles. The summed E-state index contributed by atoms with van der Waals surface area (Å²) < 4.78 is 23.0. The van der Waals surface area contributed by atoms with Gasteiger partial charge in [-0.25, -0.2) is 0 Å². The Morgan fingerprint density at radius 1 is 0.757 bits per heavy atom. The molecule has 9 heteroatoms. The molecule has 8 nitrogen and oxygen atoms in total. The Hall–Kier alpha value is -1.00. The SMILES string of the molecule is CC(C)SCCCOC1CC(OCCC(=O)NC(COCCC(=O)C(C)C)COCCC(=O)C(C)C)C1. The van der Waals surface area contributed by atoms with Gasteiger partial charge in [-0.3, -0.25) is 14.4 Å². The highest BCUT2D eigenvalue weighted by Crippen LogP contribution is 2.26. The summed E-state index contributed by atoms with van der Waals surface area (Å²) in [4.78, 5) is 36.1. The van der Waals surface area contributed by atoms with Crippen LogP contribution in [-0.2, 0) is 33.3 Å². The van der Waals surface area contributed by atoms with Gasteiger partial charge in [0.05, 0.1) is 51.3 Å². The van der Waals surface area contributed by atoms with Crippen LogP contribution in [-0.4, -0.2) is 86.4 Å². The lowest BCUT2D eigenvalue weighted by molar-refractivity contribution is -0.129. The van der Waals surface area contributed by atoms with E-state index in [1.807, 2.05) is 39.5 Å². The quantitative estimate of drug-likeness (QED) is 0.191. The van der Waals surface area contributed by atoms with Crippen LogP contribution >= 0.6 is 11.8 Å². The monoisotopic (exact) mass is 545 g/mol. The van der Waals surface area contributed by atoms with E-state index >= 15 is 0 Å². The van der Waals surface area contributed by atoms with Gasteiger partial charge in [-0.15, -0.1) is 0 Å². The fourth-order valence-corrected chi connectivity index (χ4v) is 4.30. The summed E-state index contributed by atoms with van der Waals surface area (Å²) >= 11 is 1.96. The molecule has 1 aliphatic rings. The summed E-state index contributed by atoms with van der Waals surface area (Å²) in [6.07, 6.45) is 4.21. The van der Waals surface area contributed by atoms with Crippen molar-refractivity contribution < 1.29 is 33.3 Å². The zero-order chi connectivity index (χ0) is 27.6. The van der Waals surface area contributed by atoms with E-state index in [1.54, 1.807) is 0 Å². The van der Waals surface area contributed by atoms with Crippen LogP contribution in [0.25, 0.3) is 0 Å². The fourth-order valence-electron chi connectivity index (χ4n) is 3.54. The van der Waals surface area contributed by atoms with Crippen LogP contribution in [0.5, 0.6) is 0 Å². The Balaban J connectivity index is 2.25. The minimum absolute atomic E-state index is 0.0211. The van der Waals surface area contributed by atoms with Crippen LogP contribution < -0.4 is 5.32 Å². The highest BCUT2D eigenvalue weighted by Gasteiger charge is 2.30. The van der Waals surface area contributed by atoms with Gasteiger partial charge >= 0.3 is 0 Å². The molecular formula is C28H51NO7S. The first kappa shape index (κ1) is 34.0. The molecule has 1 fully saturated rings. The second-order valence-electron chi connectivity index (χ2n) is 10.6. The molecule has 0 heterocycles. The standard InChI is InChI=1S/C28H51NO7S/c1-20(2)26(30)8-12-33-18-23(19-34-13-9-27(31)21(3)4)29-28(32)10-14-36-25-16-24(17-25)35-11-7-15-37-22(5)6/h20-25H,7-19H2,1-6H3,(H,29,32). The summed E-state index contributed by atoms with van der Waals surface area (Å²) in [5.74, 6) is 1.25. The van der Waals surface area contributed by atoms with Crippen LogP contribution in [0.1, 0.15) is 80.1 Å². The molecule has 37 heavy (non-hydrogen) atoms. The zero-order valence-corrected chi connectivity index (χ0v) is 24.7. The summed E-state index contributed by atoms with van der Waals surface area (Å²) in [7, 11) is 0. The number of ether oxygens (including phenoxy) is 4. The van der Waals surface area contributed by atoms with Gasteiger partial charge in [-0.1, -0.05) is 41.5 Å². The number of thioether (sulfide) groups is 1. The first-order valence-electron chi connectivity index (χ1n) is 13.9. The second-order valence-corrected chi connectivity index (χ2v) is 12.3. The van der Waals surface area contributed by atoms with Crippen LogP contribution in [0.4, 0.5) is 0 Å². The largest absolute Gasteiger partial charge is 0.379 e. The Bertz CT molecular complexity index is 622. The van der Waals surface area contributed by atoms with Crippen molar-refractivity contribution in [3.8, 4) is 0 Å². The molecule has 1 amide bonds. The smallest absolute Gasteiger partial charge is 0.222 e. The van der Waals surface area contributed by atoms with Gasteiger partial charge in [-0.2, -0.15) is 11.8 Å². The third-order valence-corrected chi connectivity index (χ3v) is 7.30. The number of hydrogen-bond acceptors (Lipinski definition) is 8. The van der Waals surface area contributed by atoms with Gasteiger partial charge < -0.3 is 24.3 Å². The molecule has 216 valence electrons. The Morgan fingerprint density at radius 2 is 1.27 bits per heavy atom. The fraction of sp³-hybridized carbons (Fsp3) is 0.893. The Kier molecular flexibility index (Phi) is 18.4. The minimum atomic E-state index is -0.355. The average Bonchev–Trinajstić information content (AvgIpc) is 2.80. The van der Waals surface area contributed by atoms with Gasteiger partial charge in [0, 0.05) is 37.7 Å². The summed E-state index contributed by atoms with van der Waals surface area (Å²) in [6.45, 7) is 14.1. The van der Waals surface area contributed by atoms with Crippen molar-refractivity contribution in [3.63, 3.8) is 0 Å². The van der Waals surface area contributed by atoms with Gasteiger partial charge in [0.15, 0.2) is 0 Å². The van der Waals surface area contributed by atoms with E-state index in [0.717, 1.165) is 31.6 Å². The molecule has 0 aromatic heterocycles. The maximum atomic E-state index is 12.5. The van der Waals surface area contributed by atoms with Crippen LogP contribution in [0.2, 0.25) is 0 Å². The highest BCUT2D eigenvalue weighted by molar-refractivity contribution is 7.99. The molecule has 0 spiro atoms. The third-order valence-electron chi connectivity index (χ3n) is 6.10. The predicted molar refractivity (Wildman–Crippen MR) is 148 cm³/mol. The van der Waals surface area contributed by atoms with Crippen molar-refractivity contribution in [1.29, 1.82) is 0 Å². The van der Waals surface area contributed by atoms with E-state index in [9.17, 15) is 14.4 Å². The lowest BCUT2D eigenvalue weighted by atomic mass is 9.92. The molecule has 0 aromatic carbocycles. The van der Waals surface area contributed by atoms with Gasteiger partial charge in [0.25, 0.3) is 0 Å². The van der Waals surface area contributed by atoms with Crippen molar-refractivity contribution in [2.75, 3.05) is 45.4 Å². The maximum absolute atomic E-state index is 12.5. The van der Waals surface area contributed by atoms with Crippen LogP contribution in [0.15, 0.2) is 0 Å². The minimum Gasteiger partial charge on any atom is -0.379 e. The topological polar surface area (TPSA) is 100 Å². The van der Waals surface area contributed by atoms with Crippen molar-refractivity contribution in [3.05, 3.63) is 0 Å². The number of Topliss-reactive ketones (excluding diaryl/α,β-unsaturated/α-hetero) is 2. The lowest BCUT2D eigenvalue weighted by Crippen LogP contribution is -2.43. The predicted octanol–water partition coefficient (Wildman–Crippen LogP) is 4.22. The van der Waals surface area contributed by atoms with Crippen molar-refractivity contribution in [1.82, 2.24) is 5.32 Å². The van der Waals surface area contributed by atoms with Gasteiger partial charge in [-0.05, 0) is 30.3 Å². The van der Waals surface area contributed by atoms with E-state index in [4.69, 9.17) is 18.9 Å². The molecule has 1 rings (SSSR count). The van der Waals surface area contributed by atoms with E-state index < -0.39 is 0 Å². The van der Waals surface area contributed by atoms with E-state index in [-0.39, 0.29) is 67.2 Å². The second kappa shape index (κ2) is 20.0. The van der Waals surface area contributed by atoms with Gasteiger partial charge in [0.2, 0.25) is 5.91 Å². The van der Waals surface area contributed by atoms with Crippen molar-refractivity contribution >= 4 is 29.2 Å². The molecule has 0 saturated heterocycles. The average molecular weight is 546 g/mol. The summed E-state index contributed by atoms with van der Waals surface area (Å²) in [6, 6.07) is -0.355. The molecule has 0 atom stereocenters. The summed E-state index contributed by atoms with van der Waals surface area (Å²) in [5, 5.41) is 3.60. The van der Waals surface area contributed by atoms with E-state index in [2.05, 4.69) is 19.2 Å². The zero-order valence-electron chi connectivity index (χ0n) is 23.9. The first-order chi connectivity index (χ1) is 17.6. The third kappa shape index (κ3) is 17.3. The molecule has 1 N–H and O–H groups in total. The molecule has 0 unspecified atom stereocenters. The van der Waals surface area contributed by atoms with Gasteiger partial charge in [0.1, 0.15) is 11.6 Å². The Labute approximate surface area is 228 Å². The number of carbonyl (C=O) groups is 3. The normalized spacial score (nSPS) is 17.6. The molecule has 0 radical (unpaired) electrons. The highest BCUT2D eigenvalue weighted by atomic mass is 32.2. The number of carbonyl (C=O) groups excluding carboxylic acids is 3. The first-order valence-corrected chi connectivity index (χ1v) is 15.0. The number of amides is 1. The molecule has 0 bridgehead atoms. The lowest BCUT2D eigenvalue weighted by Gasteiger charge is -2.35. The number of nitrogens with one attached hydrogen (secondary N) is 1. The molecule has 0 aliphatic heterocycles. The van der Waals surface area contributed by atoms with Crippen molar-refractivity contribution in [2.24, 2.45) is 11.8 Å². The summed E-state index contributed by atoms with van der Waals surface area (Å²) in [5.41, 5.74) is 0. The van der Waals surface area contributed by atoms with E-state index in [1.165, 1.54) is 0 Å². The van der Waals surface area contributed by atoms with Crippen LogP contribution in [0, 0.1) is 11.8 Å². The number of ketones is 2. The number of rotatable bonds is 23. The number of hydrogen-bond donors (Lipinski definition) is 1. The molecular weight excluding hydrogens is 494 g/mol. The van der Waals surface area contributed by atoms with Crippen molar-refractivity contribution in [2.45, 2.75) is 104 Å². The van der Waals surface area contributed by atoms with Crippen LogP contribution in [0.3, 0.4) is 0 Å².